The molecule has 2 aromatic rings. The molecule has 0 aliphatic carbocycles. The standard InChI is InChI=1S/C15H16BNO3/c1-11(18)17-10-12-5-7-13(8-6-12)14-3-2-4-15(9-14)16(19)20/h2-9,19-20H,10H2,1H3,(H,17,18). The maximum atomic E-state index is 10.8. The number of rotatable bonds is 4. The molecule has 20 heavy (non-hydrogen) atoms. The van der Waals surface area contributed by atoms with E-state index in [9.17, 15) is 14.8 Å². The monoisotopic (exact) mass is 269 g/mol. The van der Waals surface area contributed by atoms with Crippen LogP contribution >= 0.6 is 0 Å². The fraction of sp³-hybridized carbons (Fsp3) is 0.133. The van der Waals surface area contributed by atoms with Crippen LogP contribution in [0.15, 0.2) is 48.5 Å². The summed E-state index contributed by atoms with van der Waals surface area (Å²) in [5.41, 5.74) is 3.38. The van der Waals surface area contributed by atoms with Gasteiger partial charge in [-0.1, -0.05) is 48.5 Å². The zero-order chi connectivity index (χ0) is 14.5. The number of hydrogen-bond acceptors (Lipinski definition) is 3. The number of amides is 1. The van der Waals surface area contributed by atoms with Gasteiger partial charge in [0.05, 0.1) is 0 Å². The highest BCUT2D eigenvalue weighted by Gasteiger charge is 2.11. The normalized spacial score (nSPS) is 10.2. The summed E-state index contributed by atoms with van der Waals surface area (Å²) < 4.78 is 0. The number of nitrogens with one attached hydrogen (secondary N) is 1. The second-order valence-electron chi connectivity index (χ2n) is 4.61. The van der Waals surface area contributed by atoms with Crippen LogP contribution in [0.25, 0.3) is 11.1 Å². The lowest BCUT2D eigenvalue weighted by Gasteiger charge is -2.07. The van der Waals surface area contributed by atoms with Gasteiger partial charge >= 0.3 is 7.12 Å². The summed E-state index contributed by atoms with van der Waals surface area (Å²) in [6.45, 7) is 1.99. The van der Waals surface area contributed by atoms with Crippen molar-refractivity contribution in [2.45, 2.75) is 13.5 Å². The molecule has 2 rings (SSSR count). The molecule has 0 bridgehead atoms. The minimum atomic E-state index is -1.46. The fourth-order valence-electron chi connectivity index (χ4n) is 1.92. The molecule has 0 saturated carbocycles. The molecule has 3 N–H and O–H groups in total. The Morgan fingerprint density at radius 1 is 1.10 bits per heavy atom. The zero-order valence-electron chi connectivity index (χ0n) is 11.2. The van der Waals surface area contributed by atoms with Crippen LogP contribution in [0.2, 0.25) is 0 Å². The molecule has 0 spiro atoms. The third kappa shape index (κ3) is 3.69. The van der Waals surface area contributed by atoms with Gasteiger partial charge in [-0.25, -0.2) is 0 Å². The SMILES string of the molecule is CC(=O)NCc1ccc(-c2cccc(B(O)O)c2)cc1. The van der Waals surface area contributed by atoms with E-state index in [4.69, 9.17) is 0 Å². The van der Waals surface area contributed by atoms with Crippen molar-refractivity contribution in [1.29, 1.82) is 0 Å². The van der Waals surface area contributed by atoms with Crippen LogP contribution in [0.1, 0.15) is 12.5 Å². The molecular formula is C15H16BNO3. The van der Waals surface area contributed by atoms with E-state index >= 15 is 0 Å². The van der Waals surface area contributed by atoms with Crippen LogP contribution in [0.4, 0.5) is 0 Å². The second kappa shape index (κ2) is 6.37. The van der Waals surface area contributed by atoms with Gasteiger partial charge in [-0.3, -0.25) is 4.79 Å². The summed E-state index contributed by atoms with van der Waals surface area (Å²) >= 11 is 0. The molecule has 1 amide bonds. The number of hydrogen-bond donors (Lipinski definition) is 3. The summed E-state index contributed by atoms with van der Waals surface area (Å²) in [6, 6.07) is 14.9. The maximum absolute atomic E-state index is 10.8. The number of benzene rings is 2. The highest BCUT2D eigenvalue weighted by atomic mass is 16.4. The predicted octanol–water partition coefficient (Wildman–Crippen LogP) is 0.669. The van der Waals surface area contributed by atoms with Crippen LogP contribution in [0, 0.1) is 0 Å². The molecule has 0 unspecified atom stereocenters. The summed E-state index contributed by atoms with van der Waals surface area (Å²) in [6.07, 6.45) is 0. The van der Waals surface area contributed by atoms with E-state index < -0.39 is 7.12 Å². The van der Waals surface area contributed by atoms with Crippen LogP contribution in [-0.4, -0.2) is 23.1 Å². The first-order valence-electron chi connectivity index (χ1n) is 6.36. The Kier molecular flexibility index (Phi) is 4.55. The molecule has 0 saturated heterocycles. The van der Waals surface area contributed by atoms with E-state index in [0.717, 1.165) is 16.7 Å². The van der Waals surface area contributed by atoms with Crippen molar-refractivity contribution in [2.75, 3.05) is 0 Å². The number of carbonyl (C=O) groups is 1. The van der Waals surface area contributed by atoms with Gasteiger partial charge in [0.25, 0.3) is 0 Å². The third-order valence-electron chi connectivity index (χ3n) is 3.01. The number of carbonyl (C=O) groups excluding carboxylic acids is 1. The van der Waals surface area contributed by atoms with E-state index in [1.807, 2.05) is 30.3 Å². The summed E-state index contributed by atoms with van der Waals surface area (Å²) in [7, 11) is -1.46. The van der Waals surface area contributed by atoms with Crippen molar-refractivity contribution in [3.05, 3.63) is 54.1 Å². The van der Waals surface area contributed by atoms with E-state index in [2.05, 4.69) is 5.32 Å². The Labute approximate surface area is 118 Å². The zero-order valence-corrected chi connectivity index (χ0v) is 11.2. The van der Waals surface area contributed by atoms with Crippen molar-refractivity contribution in [3.8, 4) is 11.1 Å². The Balaban J connectivity index is 2.17. The van der Waals surface area contributed by atoms with Gasteiger partial charge in [-0.2, -0.15) is 0 Å². The molecule has 102 valence electrons. The Hall–Kier alpha value is -2.11. The Morgan fingerprint density at radius 3 is 2.40 bits per heavy atom. The highest BCUT2D eigenvalue weighted by molar-refractivity contribution is 6.58. The lowest BCUT2D eigenvalue weighted by atomic mass is 9.79. The molecule has 2 aromatic carbocycles. The van der Waals surface area contributed by atoms with Gasteiger partial charge in [0.15, 0.2) is 0 Å². The lowest BCUT2D eigenvalue weighted by Crippen LogP contribution is -2.29. The molecular weight excluding hydrogens is 253 g/mol. The minimum Gasteiger partial charge on any atom is -0.423 e. The Bertz CT molecular complexity index is 596. The van der Waals surface area contributed by atoms with Gasteiger partial charge in [0.2, 0.25) is 5.91 Å². The van der Waals surface area contributed by atoms with Gasteiger partial charge in [-0.05, 0) is 22.2 Å². The van der Waals surface area contributed by atoms with Crippen molar-refractivity contribution in [3.63, 3.8) is 0 Å². The molecule has 0 heterocycles. The maximum Gasteiger partial charge on any atom is 0.488 e. The van der Waals surface area contributed by atoms with Gasteiger partial charge in [0, 0.05) is 13.5 Å². The quantitative estimate of drug-likeness (QED) is 0.714. The lowest BCUT2D eigenvalue weighted by molar-refractivity contribution is -0.119. The van der Waals surface area contributed by atoms with E-state index in [-0.39, 0.29) is 5.91 Å². The molecule has 0 radical (unpaired) electrons. The average Bonchev–Trinajstić information content (AvgIpc) is 2.46. The van der Waals surface area contributed by atoms with Crippen LogP contribution in [0.3, 0.4) is 0 Å². The smallest absolute Gasteiger partial charge is 0.423 e. The van der Waals surface area contributed by atoms with Crippen molar-refractivity contribution < 1.29 is 14.8 Å². The van der Waals surface area contributed by atoms with E-state index in [1.54, 1.807) is 18.2 Å². The molecule has 4 nitrogen and oxygen atoms in total. The highest BCUT2D eigenvalue weighted by Crippen LogP contribution is 2.18. The van der Waals surface area contributed by atoms with Crippen molar-refractivity contribution in [1.82, 2.24) is 5.32 Å². The molecule has 0 fully saturated rings. The predicted molar refractivity (Wildman–Crippen MR) is 79.2 cm³/mol. The topological polar surface area (TPSA) is 69.6 Å². The van der Waals surface area contributed by atoms with Gasteiger partial charge in [-0.15, -0.1) is 0 Å². The fourth-order valence-corrected chi connectivity index (χ4v) is 1.92. The summed E-state index contributed by atoms with van der Waals surface area (Å²) in [5.74, 6) is -0.0567. The van der Waals surface area contributed by atoms with E-state index in [1.165, 1.54) is 6.92 Å². The first-order chi connectivity index (χ1) is 9.56. The first kappa shape index (κ1) is 14.3. The van der Waals surface area contributed by atoms with Crippen molar-refractivity contribution in [2.24, 2.45) is 0 Å². The van der Waals surface area contributed by atoms with Gasteiger partial charge < -0.3 is 15.4 Å². The molecule has 0 aromatic heterocycles. The second-order valence-corrected chi connectivity index (χ2v) is 4.61. The molecule has 0 aliphatic rings. The Morgan fingerprint density at radius 2 is 1.80 bits per heavy atom. The van der Waals surface area contributed by atoms with E-state index in [0.29, 0.717) is 12.0 Å². The molecule has 0 atom stereocenters. The third-order valence-corrected chi connectivity index (χ3v) is 3.01. The van der Waals surface area contributed by atoms with Crippen LogP contribution in [-0.2, 0) is 11.3 Å². The first-order valence-corrected chi connectivity index (χ1v) is 6.36. The summed E-state index contributed by atoms with van der Waals surface area (Å²) in [5, 5.41) is 21.1. The van der Waals surface area contributed by atoms with Crippen LogP contribution in [0.5, 0.6) is 0 Å². The summed E-state index contributed by atoms with van der Waals surface area (Å²) in [4.78, 5) is 10.8. The largest absolute Gasteiger partial charge is 0.488 e. The molecule has 0 aliphatic heterocycles. The van der Waals surface area contributed by atoms with Crippen LogP contribution < -0.4 is 10.8 Å². The minimum absolute atomic E-state index is 0.0567. The average molecular weight is 269 g/mol. The molecule has 5 heteroatoms. The van der Waals surface area contributed by atoms with Crippen molar-refractivity contribution >= 4 is 18.5 Å². The van der Waals surface area contributed by atoms with Gasteiger partial charge in [0.1, 0.15) is 0 Å².